The number of aromatic hydroxyl groups is 1. The molecule has 2 aromatic rings. The Balaban J connectivity index is 1.63. The number of amides is 2. The van der Waals surface area contributed by atoms with E-state index in [9.17, 15) is 14.7 Å². The molecule has 1 fully saturated rings. The Morgan fingerprint density at radius 1 is 1.13 bits per heavy atom. The van der Waals surface area contributed by atoms with Crippen LogP contribution in [0.25, 0.3) is 0 Å². The average molecular weight is 412 g/mol. The summed E-state index contributed by atoms with van der Waals surface area (Å²) in [6.07, 6.45) is 7.61. The number of benzene rings is 1. The van der Waals surface area contributed by atoms with E-state index in [2.05, 4.69) is 32.8 Å². The summed E-state index contributed by atoms with van der Waals surface area (Å²) in [6, 6.07) is 7.96. The van der Waals surface area contributed by atoms with Crippen molar-refractivity contribution >= 4 is 23.5 Å². The van der Waals surface area contributed by atoms with Crippen LogP contribution in [-0.4, -0.2) is 39.0 Å². The number of unbranched alkanes of at least 4 members (excludes halogenated alkanes) is 1. The van der Waals surface area contributed by atoms with E-state index in [0.29, 0.717) is 12.1 Å². The molecular formula is C22H29N5O3. The number of hydrogen-bond donors (Lipinski definition) is 4. The van der Waals surface area contributed by atoms with Crippen LogP contribution in [-0.2, 0) is 4.79 Å². The van der Waals surface area contributed by atoms with Crippen molar-refractivity contribution in [3.05, 3.63) is 42.2 Å². The molecule has 8 nitrogen and oxygen atoms in total. The Bertz CT molecular complexity index is 873. The van der Waals surface area contributed by atoms with Crippen LogP contribution in [0.4, 0.5) is 11.6 Å². The van der Waals surface area contributed by atoms with Gasteiger partial charge in [0.15, 0.2) is 0 Å². The van der Waals surface area contributed by atoms with Crippen LogP contribution in [0, 0.1) is 0 Å². The molecule has 0 aliphatic heterocycles. The van der Waals surface area contributed by atoms with Gasteiger partial charge in [-0.3, -0.25) is 9.59 Å². The Labute approximate surface area is 176 Å². The predicted molar refractivity (Wildman–Crippen MR) is 115 cm³/mol. The van der Waals surface area contributed by atoms with Gasteiger partial charge in [-0.2, -0.15) is 0 Å². The quantitative estimate of drug-likeness (QED) is 0.530. The smallest absolute Gasteiger partial charge is 0.270 e. The van der Waals surface area contributed by atoms with E-state index < -0.39 is 0 Å². The van der Waals surface area contributed by atoms with Crippen molar-refractivity contribution in [3.63, 3.8) is 0 Å². The van der Waals surface area contributed by atoms with Crippen LogP contribution < -0.4 is 16.0 Å². The van der Waals surface area contributed by atoms with Crippen LogP contribution in [0.15, 0.2) is 36.5 Å². The number of carbonyl (C=O) groups is 2. The molecular weight excluding hydrogens is 382 g/mol. The summed E-state index contributed by atoms with van der Waals surface area (Å²) >= 11 is 0. The van der Waals surface area contributed by atoms with Gasteiger partial charge in [0.1, 0.15) is 11.4 Å². The second-order valence-electron chi connectivity index (χ2n) is 7.58. The van der Waals surface area contributed by atoms with Crippen molar-refractivity contribution in [2.45, 2.75) is 64.0 Å². The minimum atomic E-state index is -0.295. The average Bonchev–Trinajstić information content (AvgIpc) is 2.74. The lowest BCUT2D eigenvalue weighted by Crippen LogP contribution is -2.53. The molecule has 1 saturated carbocycles. The summed E-state index contributed by atoms with van der Waals surface area (Å²) in [7, 11) is 0. The Morgan fingerprint density at radius 2 is 1.90 bits per heavy atom. The maximum atomic E-state index is 12.8. The first-order chi connectivity index (χ1) is 14.5. The van der Waals surface area contributed by atoms with Gasteiger partial charge in [-0.15, -0.1) is 0 Å². The second kappa shape index (κ2) is 10.6. The predicted octanol–water partition coefficient (Wildman–Crippen LogP) is 3.27. The van der Waals surface area contributed by atoms with Crippen LogP contribution in [0.2, 0.25) is 0 Å². The zero-order chi connectivity index (χ0) is 21.3. The first-order valence-corrected chi connectivity index (χ1v) is 10.5. The fourth-order valence-electron chi connectivity index (χ4n) is 3.59. The molecule has 160 valence electrons. The summed E-state index contributed by atoms with van der Waals surface area (Å²) in [5.74, 6) is 0.137. The van der Waals surface area contributed by atoms with Gasteiger partial charge >= 0.3 is 0 Å². The highest BCUT2D eigenvalue weighted by Crippen LogP contribution is 2.20. The molecule has 0 radical (unpaired) electrons. The van der Waals surface area contributed by atoms with Crippen LogP contribution >= 0.6 is 0 Å². The number of nitrogens with zero attached hydrogens (tertiary/aromatic N) is 2. The van der Waals surface area contributed by atoms with Crippen molar-refractivity contribution in [2.75, 3.05) is 5.32 Å². The van der Waals surface area contributed by atoms with Gasteiger partial charge in [0.05, 0.1) is 0 Å². The molecule has 1 aliphatic carbocycles. The van der Waals surface area contributed by atoms with Crippen molar-refractivity contribution in [2.24, 2.45) is 0 Å². The molecule has 3 rings (SSSR count). The Morgan fingerprint density at radius 3 is 2.63 bits per heavy atom. The van der Waals surface area contributed by atoms with Gasteiger partial charge in [-0.25, -0.2) is 9.97 Å². The highest BCUT2D eigenvalue weighted by molar-refractivity contribution is 5.92. The highest BCUT2D eigenvalue weighted by atomic mass is 16.3. The number of phenolic OH excluding ortho intramolecular Hbond substituents is 1. The number of hydrogen-bond acceptors (Lipinski definition) is 6. The first-order valence-electron chi connectivity index (χ1n) is 10.5. The zero-order valence-corrected chi connectivity index (χ0v) is 17.2. The number of nitrogens with one attached hydrogen (secondary N) is 3. The first kappa shape index (κ1) is 21.5. The molecule has 1 aliphatic rings. The van der Waals surface area contributed by atoms with E-state index in [1.165, 1.54) is 6.20 Å². The molecule has 8 heteroatoms. The highest BCUT2D eigenvalue weighted by Gasteiger charge is 2.28. The number of anilines is 2. The van der Waals surface area contributed by atoms with Gasteiger partial charge in [0, 0.05) is 36.5 Å². The third kappa shape index (κ3) is 6.17. The molecule has 2 amide bonds. The number of phenols is 1. The third-order valence-electron chi connectivity index (χ3n) is 5.18. The van der Waals surface area contributed by atoms with E-state index in [1.807, 2.05) is 0 Å². The molecule has 2 unspecified atom stereocenters. The van der Waals surface area contributed by atoms with Gasteiger partial charge in [-0.1, -0.05) is 32.3 Å². The van der Waals surface area contributed by atoms with Gasteiger partial charge in [0.2, 0.25) is 11.9 Å². The lowest BCUT2D eigenvalue weighted by atomic mass is 9.90. The van der Waals surface area contributed by atoms with Crippen molar-refractivity contribution in [1.82, 2.24) is 20.6 Å². The second-order valence-corrected chi connectivity index (χ2v) is 7.58. The summed E-state index contributed by atoms with van der Waals surface area (Å²) in [5, 5.41) is 18.7. The standard InChI is InChI=1S/C22H29N5O3/c1-2-3-11-20(29)25-17-9-4-5-10-18(17)26-21(30)19-12-13-23-22(27-19)24-15-7-6-8-16(28)14-15/h6-8,12-14,17-18,28H,2-5,9-11H2,1H3,(H,25,29)(H,26,30)(H,23,24,27). The SMILES string of the molecule is CCCCC(=O)NC1CCCCC1NC(=O)c1ccnc(Nc2cccc(O)c2)n1. The van der Waals surface area contributed by atoms with Crippen LogP contribution in [0.3, 0.4) is 0 Å². The summed E-state index contributed by atoms with van der Waals surface area (Å²) in [6.45, 7) is 2.06. The van der Waals surface area contributed by atoms with Gasteiger partial charge in [0.25, 0.3) is 5.91 Å². The number of rotatable bonds is 8. The summed E-state index contributed by atoms with van der Waals surface area (Å²) in [4.78, 5) is 33.4. The van der Waals surface area contributed by atoms with Crippen LogP contribution in [0.1, 0.15) is 62.4 Å². The minimum absolute atomic E-state index is 0.0441. The summed E-state index contributed by atoms with van der Waals surface area (Å²) in [5.41, 5.74) is 0.865. The normalized spacial score (nSPS) is 18.4. The molecule has 4 N–H and O–H groups in total. The van der Waals surface area contributed by atoms with Gasteiger partial charge in [-0.05, 0) is 37.5 Å². The van der Waals surface area contributed by atoms with E-state index in [-0.39, 0.29) is 41.3 Å². The molecule has 1 aromatic carbocycles. The molecule has 2 atom stereocenters. The Kier molecular flexibility index (Phi) is 7.59. The van der Waals surface area contributed by atoms with E-state index in [1.54, 1.807) is 30.3 Å². The van der Waals surface area contributed by atoms with E-state index in [0.717, 1.165) is 38.5 Å². The zero-order valence-electron chi connectivity index (χ0n) is 17.2. The van der Waals surface area contributed by atoms with E-state index >= 15 is 0 Å². The molecule has 30 heavy (non-hydrogen) atoms. The molecule has 1 heterocycles. The lowest BCUT2D eigenvalue weighted by molar-refractivity contribution is -0.122. The van der Waals surface area contributed by atoms with Crippen LogP contribution in [0.5, 0.6) is 5.75 Å². The van der Waals surface area contributed by atoms with Crippen molar-refractivity contribution in [1.29, 1.82) is 0 Å². The monoisotopic (exact) mass is 411 g/mol. The fraction of sp³-hybridized carbons (Fsp3) is 0.455. The van der Waals surface area contributed by atoms with Crippen molar-refractivity contribution < 1.29 is 14.7 Å². The Hall–Kier alpha value is -3.16. The third-order valence-corrected chi connectivity index (χ3v) is 5.18. The number of carbonyl (C=O) groups excluding carboxylic acids is 2. The fourth-order valence-corrected chi connectivity index (χ4v) is 3.59. The van der Waals surface area contributed by atoms with Gasteiger partial charge < -0.3 is 21.1 Å². The summed E-state index contributed by atoms with van der Waals surface area (Å²) < 4.78 is 0. The molecule has 0 bridgehead atoms. The maximum absolute atomic E-state index is 12.8. The number of aromatic nitrogens is 2. The largest absolute Gasteiger partial charge is 0.508 e. The van der Waals surface area contributed by atoms with E-state index in [4.69, 9.17) is 0 Å². The molecule has 0 spiro atoms. The minimum Gasteiger partial charge on any atom is -0.508 e. The topological polar surface area (TPSA) is 116 Å². The lowest BCUT2D eigenvalue weighted by Gasteiger charge is -2.32. The molecule has 1 aromatic heterocycles. The van der Waals surface area contributed by atoms with Crippen molar-refractivity contribution in [3.8, 4) is 5.75 Å². The molecule has 0 saturated heterocycles. The maximum Gasteiger partial charge on any atom is 0.270 e.